The number of thioether (sulfide) groups is 1. The van der Waals surface area contributed by atoms with Gasteiger partial charge < -0.3 is 19.9 Å². The summed E-state index contributed by atoms with van der Waals surface area (Å²) in [5.74, 6) is 0.472. The number of hydrogen-bond donors (Lipinski definition) is 2. The summed E-state index contributed by atoms with van der Waals surface area (Å²) in [5.41, 5.74) is 0. The summed E-state index contributed by atoms with van der Waals surface area (Å²) in [6, 6.07) is 0.509. The molecule has 1 spiro atoms. The zero-order valence-corrected chi connectivity index (χ0v) is 10.6. The first-order valence-corrected chi connectivity index (χ1v) is 7.02. The fourth-order valence-corrected chi connectivity index (χ4v) is 3.87. The molecule has 2 unspecified atom stereocenters. The third-order valence-electron chi connectivity index (χ3n) is 3.40. The molecule has 0 aromatic rings. The van der Waals surface area contributed by atoms with Crippen LogP contribution in [0.2, 0.25) is 0 Å². The minimum Gasteiger partial charge on any atom is -0.396 e. The quantitative estimate of drug-likeness (QED) is 0.762. The van der Waals surface area contributed by atoms with Crippen molar-refractivity contribution in [2.75, 3.05) is 32.6 Å². The highest BCUT2D eigenvalue weighted by molar-refractivity contribution is 8.00. The van der Waals surface area contributed by atoms with Crippen LogP contribution in [0.4, 0.5) is 0 Å². The van der Waals surface area contributed by atoms with Gasteiger partial charge in [0.15, 0.2) is 5.79 Å². The number of aliphatic hydroxyl groups excluding tert-OH is 1. The van der Waals surface area contributed by atoms with Crippen molar-refractivity contribution in [3.63, 3.8) is 0 Å². The van der Waals surface area contributed by atoms with Crippen molar-refractivity contribution < 1.29 is 14.6 Å². The first kappa shape index (κ1) is 12.6. The molecule has 94 valence electrons. The average Bonchev–Trinajstić information content (AvgIpc) is 2.75. The zero-order chi connectivity index (χ0) is 11.4. The van der Waals surface area contributed by atoms with E-state index in [1.165, 1.54) is 0 Å². The summed E-state index contributed by atoms with van der Waals surface area (Å²) in [6.07, 6.45) is 3.00. The second kappa shape index (κ2) is 5.69. The Balaban J connectivity index is 1.94. The maximum atomic E-state index is 8.91. The third kappa shape index (κ3) is 2.71. The minimum absolute atomic E-state index is 0.242. The molecule has 0 bridgehead atoms. The van der Waals surface area contributed by atoms with Crippen molar-refractivity contribution >= 4 is 11.8 Å². The first-order chi connectivity index (χ1) is 7.79. The van der Waals surface area contributed by atoms with Gasteiger partial charge in [-0.15, -0.1) is 0 Å². The molecule has 0 aromatic heterocycles. The number of aliphatic hydroxyl groups is 1. The van der Waals surface area contributed by atoms with Gasteiger partial charge in [0, 0.05) is 29.9 Å². The van der Waals surface area contributed by atoms with Crippen LogP contribution in [0.15, 0.2) is 0 Å². The minimum atomic E-state index is -0.319. The predicted octanol–water partition coefficient (Wildman–Crippen LogP) is 0.595. The van der Waals surface area contributed by atoms with E-state index in [4.69, 9.17) is 14.6 Å². The highest BCUT2D eigenvalue weighted by Gasteiger charge is 2.44. The van der Waals surface area contributed by atoms with E-state index in [1.54, 1.807) is 0 Å². The number of nitrogens with one attached hydrogen (secondary N) is 1. The van der Waals surface area contributed by atoms with Gasteiger partial charge >= 0.3 is 0 Å². The molecule has 1 aliphatic carbocycles. The number of hydrogen-bond acceptors (Lipinski definition) is 5. The monoisotopic (exact) mass is 247 g/mol. The molecule has 2 N–H and O–H groups in total. The Bertz CT molecular complexity index is 221. The van der Waals surface area contributed by atoms with Gasteiger partial charge in [-0.25, -0.2) is 0 Å². The fraction of sp³-hybridized carbons (Fsp3) is 1.00. The van der Waals surface area contributed by atoms with Crippen LogP contribution in [0.1, 0.15) is 19.3 Å². The molecule has 4 nitrogen and oxygen atoms in total. The lowest BCUT2D eigenvalue weighted by Gasteiger charge is -2.40. The molecular formula is C11H21NO3S. The predicted molar refractivity (Wildman–Crippen MR) is 64.7 cm³/mol. The van der Waals surface area contributed by atoms with Gasteiger partial charge in [-0.2, -0.15) is 11.8 Å². The van der Waals surface area contributed by atoms with Gasteiger partial charge in [0.05, 0.1) is 19.8 Å². The lowest BCUT2D eigenvalue weighted by atomic mass is 9.89. The Morgan fingerprint density at radius 3 is 2.81 bits per heavy atom. The highest BCUT2D eigenvalue weighted by atomic mass is 32.2. The molecule has 5 heteroatoms. The van der Waals surface area contributed by atoms with E-state index in [0.29, 0.717) is 11.3 Å². The number of rotatable bonds is 4. The Labute approximate surface area is 101 Å². The molecule has 2 atom stereocenters. The normalized spacial score (nSPS) is 33.4. The van der Waals surface area contributed by atoms with Gasteiger partial charge in [0.2, 0.25) is 0 Å². The molecule has 0 radical (unpaired) electrons. The molecule has 0 aromatic carbocycles. The molecule has 16 heavy (non-hydrogen) atoms. The summed E-state index contributed by atoms with van der Waals surface area (Å²) in [7, 11) is 2.01. The van der Waals surface area contributed by atoms with Crippen LogP contribution in [-0.2, 0) is 9.47 Å². The molecule has 1 aliphatic heterocycles. The SMILES string of the molecule is CNC1CCC2(CC1SCCO)OCCO2. The van der Waals surface area contributed by atoms with E-state index in [0.717, 1.165) is 38.2 Å². The van der Waals surface area contributed by atoms with Crippen LogP contribution in [0.25, 0.3) is 0 Å². The summed E-state index contributed by atoms with van der Waals surface area (Å²) in [4.78, 5) is 0. The number of ether oxygens (including phenoxy) is 2. The summed E-state index contributed by atoms with van der Waals surface area (Å²) in [6.45, 7) is 1.69. The Morgan fingerprint density at radius 2 is 2.19 bits per heavy atom. The van der Waals surface area contributed by atoms with Gasteiger partial charge in [0.1, 0.15) is 0 Å². The van der Waals surface area contributed by atoms with Crippen molar-refractivity contribution in [2.45, 2.75) is 36.3 Å². The van der Waals surface area contributed by atoms with E-state index in [9.17, 15) is 0 Å². The molecule has 2 rings (SSSR count). The Hall–Kier alpha value is 0.190. The molecule has 2 aliphatic rings. The molecule has 0 amide bonds. The van der Waals surface area contributed by atoms with E-state index >= 15 is 0 Å². The molecule has 1 saturated carbocycles. The van der Waals surface area contributed by atoms with Gasteiger partial charge in [-0.1, -0.05) is 0 Å². The smallest absolute Gasteiger partial charge is 0.169 e. The van der Waals surface area contributed by atoms with Crippen LogP contribution in [0.5, 0.6) is 0 Å². The standard InChI is InChI=1S/C11H21NO3S/c1-12-9-2-3-11(14-5-6-15-11)8-10(9)16-7-4-13/h9-10,12-13H,2-8H2,1H3. The van der Waals surface area contributed by atoms with Crippen LogP contribution in [0.3, 0.4) is 0 Å². The van der Waals surface area contributed by atoms with Gasteiger partial charge in [0.25, 0.3) is 0 Å². The van der Waals surface area contributed by atoms with E-state index in [-0.39, 0.29) is 12.4 Å². The van der Waals surface area contributed by atoms with Crippen molar-refractivity contribution in [2.24, 2.45) is 0 Å². The van der Waals surface area contributed by atoms with Crippen molar-refractivity contribution in [3.05, 3.63) is 0 Å². The van der Waals surface area contributed by atoms with E-state index in [1.807, 2.05) is 18.8 Å². The van der Waals surface area contributed by atoms with Crippen LogP contribution in [-0.4, -0.2) is 54.8 Å². The van der Waals surface area contributed by atoms with Crippen LogP contribution >= 0.6 is 11.8 Å². The summed E-state index contributed by atoms with van der Waals surface area (Å²) >= 11 is 1.82. The fourth-order valence-electron chi connectivity index (χ4n) is 2.58. The molecular weight excluding hydrogens is 226 g/mol. The van der Waals surface area contributed by atoms with Gasteiger partial charge in [-0.05, 0) is 13.5 Å². The maximum absolute atomic E-state index is 8.91. The zero-order valence-electron chi connectivity index (χ0n) is 9.78. The summed E-state index contributed by atoms with van der Waals surface area (Å²) in [5, 5.41) is 12.7. The van der Waals surface area contributed by atoms with Gasteiger partial charge in [-0.3, -0.25) is 0 Å². The molecule has 2 fully saturated rings. The Morgan fingerprint density at radius 1 is 1.44 bits per heavy atom. The lowest BCUT2D eigenvalue weighted by Crippen LogP contribution is -2.48. The van der Waals surface area contributed by atoms with Crippen LogP contribution in [0, 0.1) is 0 Å². The van der Waals surface area contributed by atoms with Crippen molar-refractivity contribution in [1.29, 1.82) is 0 Å². The molecule has 1 saturated heterocycles. The topological polar surface area (TPSA) is 50.7 Å². The maximum Gasteiger partial charge on any atom is 0.169 e. The average molecular weight is 247 g/mol. The van der Waals surface area contributed by atoms with Crippen molar-refractivity contribution in [1.82, 2.24) is 5.32 Å². The Kier molecular flexibility index (Phi) is 4.49. The largest absolute Gasteiger partial charge is 0.396 e. The van der Waals surface area contributed by atoms with Crippen molar-refractivity contribution in [3.8, 4) is 0 Å². The second-order valence-electron chi connectivity index (χ2n) is 4.38. The second-order valence-corrected chi connectivity index (χ2v) is 5.73. The first-order valence-electron chi connectivity index (χ1n) is 5.97. The van der Waals surface area contributed by atoms with E-state index in [2.05, 4.69) is 5.32 Å². The highest BCUT2D eigenvalue weighted by Crippen LogP contribution is 2.40. The summed E-state index contributed by atoms with van der Waals surface area (Å²) < 4.78 is 11.5. The third-order valence-corrected chi connectivity index (χ3v) is 4.75. The van der Waals surface area contributed by atoms with E-state index < -0.39 is 0 Å². The molecule has 1 heterocycles. The lowest BCUT2D eigenvalue weighted by molar-refractivity contribution is -0.177. The van der Waals surface area contributed by atoms with Crippen LogP contribution < -0.4 is 5.32 Å².